The van der Waals surface area contributed by atoms with Crippen LogP contribution in [-0.2, 0) is 17.7 Å². The summed E-state index contributed by atoms with van der Waals surface area (Å²) in [5.41, 5.74) is 10.00. The summed E-state index contributed by atoms with van der Waals surface area (Å²) in [6.07, 6.45) is 9.00. The zero-order chi connectivity index (χ0) is 18.5. The molecule has 3 rings (SSSR count). The number of carbonyl (C=O) groups is 1. The molecule has 0 aliphatic rings. The molecule has 0 aliphatic heterocycles. The average molecular weight is 352 g/mol. The van der Waals surface area contributed by atoms with Crippen LogP contribution in [0.5, 0.6) is 0 Å². The van der Waals surface area contributed by atoms with E-state index in [1.54, 1.807) is 18.3 Å². The number of aromatic nitrogens is 3. The Morgan fingerprint density at radius 2 is 2.08 bits per heavy atom. The highest BCUT2D eigenvalue weighted by molar-refractivity contribution is 5.91. The highest BCUT2D eigenvalue weighted by Crippen LogP contribution is 2.26. The maximum atomic E-state index is 11.8. The zero-order valence-electron chi connectivity index (χ0n) is 15.2. The van der Waals surface area contributed by atoms with Gasteiger partial charge in [0.1, 0.15) is 0 Å². The van der Waals surface area contributed by atoms with E-state index in [-0.39, 0.29) is 5.97 Å². The van der Waals surface area contributed by atoms with Gasteiger partial charge in [-0.05, 0) is 36.6 Å². The van der Waals surface area contributed by atoms with Gasteiger partial charge in [0.05, 0.1) is 29.6 Å². The Hall–Kier alpha value is -2.73. The first-order valence-electron chi connectivity index (χ1n) is 8.90. The molecule has 0 unspecified atom stereocenters. The third-order valence-corrected chi connectivity index (χ3v) is 4.46. The van der Waals surface area contributed by atoms with Crippen molar-refractivity contribution < 1.29 is 9.53 Å². The lowest BCUT2D eigenvalue weighted by Crippen LogP contribution is -2.08. The van der Waals surface area contributed by atoms with E-state index in [1.807, 2.05) is 12.3 Å². The van der Waals surface area contributed by atoms with Crippen LogP contribution in [0, 0.1) is 0 Å². The van der Waals surface area contributed by atoms with E-state index in [2.05, 4.69) is 27.7 Å². The molecule has 6 heteroatoms. The van der Waals surface area contributed by atoms with E-state index >= 15 is 0 Å². The fourth-order valence-corrected chi connectivity index (χ4v) is 3.10. The van der Waals surface area contributed by atoms with Gasteiger partial charge in [0.2, 0.25) is 0 Å². The number of nitrogens with two attached hydrogens (primary N) is 1. The van der Waals surface area contributed by atoms with E-state index in [0.29, 0.717) is 17.8 Å². The molecule has 0 atom stereocenters. The van der Waals surface area contributed by atoms with Gasteiger partial charge in [0.25, 0.3) is 0 Å². The SMILES string of the molecule is CCCCc1cn(CCN)c2cc(-c3cc(C(=O)OC)ccn3)ncc12. The van der Waals surface area contributed by atoms with E-state index in [4.69, 9.17) is 10.5 Å². The molecule has 0 spiro atoms. The summed E-state index contributed by atoms with van der Waals surface area (Å²) in [6.45, 7) is 3.52. The average Bonchev–Trinajstić information content (AvgIpc) is 3.03. The van der Waals surface area contributed by atoms with Gasteiger partial charge in [-0.3, -0.25) is 9.97 Å². The van der Waals surface area contributed by atoms with Crippen LogP contribution in [0.15, 0.2) is 36.8 Å². The van der Waals surface area contributed by atoms with Gasteiger partial charge < -0.3 is 15.0 Å². The van der Waals surface area contributed by atoms with Crippen molar-refractivity contribution >= 4 is 16.9 Å². The maximum absolute atomic E-state index is 11.8. The summed E-state index contributed by atoms with van der Waals surface area (Å²) in [7, 11) is 1.37. The van der Waals surface area contributed by atoms with Crippen molar-refractivity contribution in [2.75, 3.05) is 13.7 Å². The van der Waals surface area contributed by atoms with Crippen molar-refractivity contribution in [1.82, 2.24) is 14.5 Å². The Kier molecular flexibility index (Phi) is 5.63. The summed E-state index contributed by atoms with van der Waals surface area (Å²) in [6, 6.07) is 5.35. The molecular formula is C20H24N4O2. The van der Waals surface area contributed by atoms with Gasteiger partial charge in [-0.2, -0.15) is 0 Å². The van der Waals surface area contributed by atoms with Crippen LogP contribution in [0.3, 0.4) is 0 Å². The lowest BCUT2D eigenvalue weighted by atomic mass is 10.1. The van der Waals surface area contributed by atoms with Gasteiger partial charge in [0, 0.05) is 37.1 Å². The fourth-order valence-electron chi connectivity index (χ4n) is 3.10. The number of aryl methyl sites for hydroxylation is 1. The molecule has 3 heterocycles. The number of fused-ring (bicyclic) bond motifs is 1. The number of methoxy groups -OCH3 is 1. The molecule has 0 bridgehead atoms. The number of rotatable bonds is 7. The number of unbranched alkanes of at least 4 members (excludes halogenated alkanes) is 1. The Bertz CT molecular complexity index is 917. The summed E-state index contributed by atoms with van der Waals surface area (Å²) in [5.74, 6) is -0.386. The minimum absolute atomic E-state index is 0.386. The third-order valence-electron chi connectivity index (χ3n) is 4.46. The summed E-state index contributed by atoms with van der Waals surface area (Å²) in [5, 5.41) is 1.15. The zero-order valence-corrected chi connectivity index (χ0v) is 15.2. The largest absolute Gasteiger partial charge is 0.465 e. The molecule has 0 saturated carbocycles. The van der Waals surface area contributed by atoms with Crippen molar-refractivity contribution in [2.24, 2.45) is 5.73 Å². The van der Waals surface area contributed by atoms with Crippen LogP contribution < -0.4 is 5.73 Å². The number of ether oxygens (including phenoxy) is 1. The molecular weight excluding hydrogens is 328 g/mol. The predicted octanol–water partition coefficient (Wildman–Crippen LogP) is 3.19. The Labute approximate surface area is 153 Å². The van der Waals surface area contributed by atoms with Crippen molar-refractivity contribution in [3.63, 3.8) is 0 Å². The van der Waals surface area contributed by atoms with Crippen molar-refractivity contribution in [2.45, 2.75) is 32.7 Å². The van der Waals surface area contributed by atoms with E-state index in [9.17, 15) is 4.79 Å². The Morgan fingerprint density at radius 3 is 2.81 bits per heavy atom. The second-order valence-electron chi connectivity index (χ2n) is 6.25. The first-order chi connectivity index (χ1) is 12.7. The lowest BCUT2D eigenvalue weighted by molar-refractivity contribution is 0.0600. The van der Waals surface area contributed by atoms with Crippen molar-refractivity contribution in [3.8, 4) is 11.4 Å². The normalized spacial score (nSPS) is 11.0. The predicted molar refractivity (Wildman–Crippen MR) is 102 cm³/mol. The highest BCUT2D eigenvalue weighted by Gasteiger charge is 2.13. The fraction of sp³-hybridized carbons (Fsp3) is 0.350. The number of esters is 1. The highest BCUT2D eigenvalue weighted by atomic mass is 16.5. The van der Waals surface area contributed by atoms with Gasteiger partial charge in [-0.25, -0.2) is 4.79 Å². The number of carbonyl (C=O) groups excluding carboxylic acids is 1. The van der Waals surface area contributed by atoms with E-state index in [1.165, 1.54) is 12.7 Å². The minimum atomic E-state index is -0.386. The van der Waals surface area contributed by atoms with Gasteiger partial charge >= 0.3 is 5.97 Å². The van der Waals surface area contributed by atoms with Crippen LogP contribution in [0.1, 0.15) is 35.7 Å². The van der Waals surface area contributed by atoms with E-state index in [0.717, 1.165) is 42.4 Å². The second-order valence-corrected chi connectivity index (χ2v) is 6.25. The number of hydrogen-bond acceptors (Lipinski definition) is 5. The lowest BCUT2D eigenvalue weighted by Gasteiger charge is -2.06. The first kappa shape index (κ1) is 18.1. The summed E-state index contributed by atoms with van der Waals surface area (Å²) in [4.78, 5) is 20.7. The Morgan fingerprint density at radius 1 is 1.27 bits per heavy atom. The second kappa shape index (κ2) is 8.10. The maximum Gasteiger partial charge on any atom is 0.337 e. The quantitative estimate of drug-likeness (QED) is 0.660. The first-order valence-corrected chi connectivity index (χ1v) is 8.90. The molecule has 3 aromatic heterocycles. The monoisotopic (exact) mass is 352 g/mol. The van der Waals surface area contributed by atoms with Gasteiger partial charge in [0.15, 0.2) is 0 Å². The van der Waals surface area contributed by atoms with Gasteiger partial charge in [-0.15, -0.1) is 0 Å². The molecule has 0 saturated heterocycles. The number of hydrogen-bond donors (Lipinski definition) is 1. The standard InChI is InChI=1S/C20H24N4O2/c1-3-4-5-15-13-24(9-7-21)19-11-18(23-12-16(15)19)17-10-14(6-8-22-17)20(25)26-2/h6,8,10-13H,3-5,7,9,21H2,1-2H3. The van der Waals surface area contributed by atoms with Gasteiger partial charge in [-0.1, -0.05) is 13.3 Å². The van der Waals surface area contributed by atoms with Crippen LogP contribution in [0.2, 0.25) is 0 Å². The van der Waals surface area contributed by atoms with Crippen LogP contribution >= 0.6 is 0 Å². The molecule has 0 aliphatic carbocycles. The van der Waals surface area contributed by atoms with Crippen molar-refractivity contribution in [3.05, 3.63) is 47.9 Å². The summed E-state index contributed by atoms with van der Waals surface area (Å²) < 4.78 is 6.96. The topological polar surface area (TPSA) is 83.0 Å². The van der Waals surface area contributed by atoms with Crippen molar-refractivity contribution in [1.29, 1.82) is 0 Å². The molecule has 26 heavy (non-hydrogen) atoms. The smallest absolute Gasteiger partial charge is 0.337 e. The van der Waals surface area contributed by atoms with Crippen LogP contribution in [0.4, 0.5) is 0 Å². The number of pyridine rings is 2. The van der Waals surface area contributed by atoms with Crippen LogP contribution in [0.25, 0.3) is 22.3 Å². The molecule has 6 nitrogen and oxygen atoms in total. The van der Waals surface area contributed by atoms with E-state index < -0.39 is 0 Å². The summed E-state index contributed by atoms with van der Waals surface area (Å²) >= 11 is 0. The molecule has 0 amide bonds. The van der Waals surface area contributed by atoms with Crippen LogP contribution in [-0.4, -0.2) is 34.2 Å². The number of nitrogens with zero attached hydrogens (tertiary/aromatic N) is 3. The molecule has 0 aromatic carbocycles. The molecule has 0 fully saturated rings. The molecule has 0 radical (unpaired) electrons. The molecule has 2 N–H and O–H groups in total. The molecule has 136 valence electrons. The molecule has 3 aromatic rings. The minimum Gasteiger partial charge on any atom is -0.465 e. The Balaban J connectivity index is 2.05. The third kappa shape index (κ3) is 3.60.